The van der Waals surface area contributed by atoms with E-state index in [4.69, 9.17) is 4.74 Å². The first kappa shape index (κ1) is 17.7. The van der Waals surface area contributed by atoms with Crippen LogP contribution in [-0.4, -0.2) is 39.8 Å². The van der Waals surface area contributed by atoms with Crippen molar-refractivity contribution in [2.24, 2.45) is 0 Å². The van der Waals surface area contributed by atoms with Crippen LogP contribution in [-0.2, 0) is 16.6 Å². The molecule has 0 amide bonds. The Kier molecular flexibility index (Phi) is 4.78. The Morgan fingerprint density at radius 3 is 2.46 bits per heavy atom. The molecule has 0 aliphatic rings. The summed E-state index contributed by atoms with van der Waals surface area (Å²) in [5.41, 5.74) is -0.532. The van der Waals surface area contributed by atoms with E-state index in [1.807, 2.05) is 0 Å². The Balaban J connectivity index is 1.76. The van der Waals surface area contributed by atoms with Gasteiger partial charge in [0.15, 0.2) is 0 Å². The minimum atomic E-state index is -3.82. The predicted octanol–water partition coefficient (Wildman–Crippen LogP) is 1.42. The molecule has 0 unspecified atom stereocenters. The Labute approximate surface area is 149 Å². The second kappa shape index (κ2) is 7.02. The molecule has 1 aromatic carbocycles. The van der Waals surface area contributed by atoms with Crippen LogP contribution in [0, 0.1) is 0 Å². The standard InChI is InChI=1S/C16H16N4O5S/c1-20(10-13-15(21)19-16(22)18-13)26(23,24)12-7-5-11(6-8-12)25-14-4-2-3-9-17-14/h2-9,21H,10H2,1H3,(H2,18,19,22). The maximum Gasteiger partial charge on any atom is 0.326 e. The van der Waals surface area contributed by atoms with E-state index in [0.29, 0.717) is 11.6 Å². The van der Waals surface area contributed by atoms with Crippen LogP contribution in [0.25, 0.3) is 0 Å². The van der Waals surface area contributed by atoms with Crippen LogP contribution in [0.5, 0.6) is 17.5 Å². The van der Waals surface area contributed by atoms with Crippen LogP contribution in [0.2, 0.25) is 0 Å². The number of hydrogen-bond acceptors (Lipinski definition) is 6. The minimum Gasteiger partial charge on any atom is -0.493 e. The molecule has 0 spiro atoms. The van der Waals surface area contributed by atoms with Crippen molar-refractivity contribution in [1.29, 1.82) is 0 Å². The van der Waals surface area contributed by atoms with Crippen LogP contribution < -0.4 is 10.4 Å². The van der Waals surface area contributed by atoms with Gasteiger partial charge in [-0.1, -0.05) is 6.07 Å². The Morgan fingerprint density at radius 2 is 1.88 bits per heavy atom. The van der Waals surface area contributed by atoms with Gasteiger partial charge in [-0.25, -0.2) is 18.2 Å². The topological polar surface area (TPSA) is 128 Å². The van der Waals surface area contributed by atoms with Gasteiger partial charge < -0.3 is 14.8 Å². The van der Waals surface area contributed by atoms with Gasteiger partial charge in [0.1, 0.15) is 5.75 Å². The van der Waals surface area contributed by atoms with Crippen LogP contribution in [0.1, 0.15) is 5.69 Å². The highest BCUT2D eigenvalue weighted by atomic mass is 32.2. The van der Waals surface area contributed by atoms with Crippen molar-refractivity contribution in [2.75, 3.05) is 7.05 Å². The van der Waals surface area contributed by atoms with Crippen LogP contribution in [0.4, 0.5) is 0 Å². The summed E-state index contributed by atoms with van der Waals surface area (Å²) in [6, 6.07) is 11.1. The lowest BCUT2D eigenvalue weighted by Crippen LogP contribution is -2.26. The minimum absolute atomic E-state index is 0.0470. The molecule has 0 saturated heterocycles. The quantitative estimate of drug-likeness (QED) is 0.597. The Bertz CT molecular complexity index is 1040. The number of sulfonamides is 1. The molecule has 3 N–H and O–H groups in total. The van der Waals surface area contributed by atoms with Crippen molar-refractivity contribution in [1.82, 2.24) is 19.3 Å². The highest BCUT2D eigenvalue weighted by molar-refractivity contribution is 7.89. The number of hydrogen-bond donors (Lipinski definition) is 3. The lowest BCUT2D eigenvalue weighted by molar-refractivity contribution is 0.423. The summed E-state index contributed by atoms with van der Waals surface area (Å²) >= 11 is 0. The molecule has 3 rings (SSSR count). The number of ether oxygens (including phenoxy) is 1. The van der Waals surface area contributed by atoms with Crippen molar-refractivity contribution < 1.29 is 18.3 Å². The van der Waals surface area contributed by atoms with E-state index in [2.05, 4.69) is 15.0 Å². The fourth-order valence-electron chi connectivity index (χ4n) is 2.22. The third-order valence-electron chi connectivity index (χ3n) is 3.56. The number of aromatic amines is 2. The zero-order valence-electron chi connectivity index (χ0n) is 13.7. The summed E-state index contributed by atoms with van der Waals surface area (Å²) in [5, 5.41) is 9.56. The SMILES string of the molecule is CN(Cc1[nH]c(=O)[nH]c1O)S(=O)(=O)c1ccc(Oc2ccccn2)cc1. The molecule has 26 heavy (non-hydrogen) atoms. The number of imidazole rings is 1. The van der Waals surface area contributed by atoms with E-state index in [1.54, 1.807) is 24.4 Å². The van der Waals surface area contributed by atoms with E-state index >= 15 is 0 Å². The lowest BCUT2D eigenvalue weighted by atomic mass is 10.3. The molecule has 10 heteroatoms. The van der Waals surface area contributed by atoms with E-state index < -0.39 is 21.6 Å². The number of nitrogens with zero attached hydrogens (tertiary/aromatic N) is 2. The average molecular weight is 376 g/mol. The van der Waals surface area contributed by atoms with Crippen molar-refractivity contribution in [2.45, 2.75) is 11.4 Å². The first-order chi connectivity index (χ1) is 12.4. The number of rotatable bonds is 6. The number of benzene rings is 1. The molecule has 0 atom stereocenters. The first-order valence-electron chi connectivity index (χ1n) is 7.51. The fourth-order valence-corrected chi connectivity index (χ4v) is 3.36. The second-order valence-corrected chi connectivity index (χ2v) is 7.45. The third kappa shape index (κ3) is 3.76. The molecule has 0 radical (unpaired) electrons. The first-order valence-corrected chi connectivity index (χ1v) is 8.95. The monoisotopic (exact) mass is 376 g/mol. The van der Waals surface area contributed by atoms with E-state index in [1.165, 1.54) is 31.3 Å². The maximum atomic E-state index is 12.6. The van der Waals surface area contributed by atoms with Gasteiger partial charge in [0.2, 0.25) is 21.8 Å². The normalized spacial score (nSPS) is 11.6. The number of aromatic hydroxyl groups is 1. The molecule has 0 fully saturated rings. The number of aromatic nitrogens is 3. The summed E-state index contributed by atoms with van der Waals surface area (Å²) in [5.74, 6) is 0.446. The maximum absolute atomic E-state index is 12.6. The highest BCUT2D eigenvalue weighted by Gasteiger charge is 2.23. The lowest BCUT2D eigenvalue weighted by Gasteiger charge is -2.16. The van der Waals surface area contributed by atoms with Crippen LogP contribution in [0.3, 0.4) is 0 Å². The van der Waals surface area contributed by atoms with E-state index in [-0.39, 0.29) is 17.1 Å². The van der Waals surface area contributed by atoms with Crippen molar-refractivity contribution in [3.63, 3.8) is 0 Å². The molecule has 2 heterocycles. The van der Waals surface area contributed by atoms with Gasteiger partial charge >= 0.3 is 5.69 Å². The van der Waals surface area contributed by atoms with Crippen molar-refractivity contribution in [3.8, 4) is 17.5 Å². The molecule has 0 aliphatic heterocycles. The van der Waals surface area contributed by atoms with E-state index in [9.17, 15) is 18.3 Å². The molecular weight excluding hydrogens is 360 g/mol. The number of nitrogens with one attached hydrogen (secondary N) is 2. The number of pyridine rings is 1. The molecule has 0 saturated carbocycles. The Morgan fingerprint density at radius 1 is 1.15 bits per heavy atom. The number of H-pyrrole nitrogens is 2. The van der Waals surface area contributed by atoms with Crippen molar-refractivity contribution in [3.05, 3.63) is 64.8 Å². The zero-order valence-corrected chi connectivity index (χ0v) is 14.5. The van der Waals surface area contributed by atoms with Gasteiger partial charge in [0.25, 0.3) is 0 Å². The zero-order chi connectivity index (χ0) is 18.7. The summed E-state index contributed by atoms with van der Waals surface area (Å²) in [4.78, 5) is 19.7. The molecule has 9 nitrogen and oxygen atoms in total. The van der Waals surface area contributed by atoms with Crippen LogP contribution >= 0.6 is 0 Å². The van der Waals surface area contributed by atoms with Gasteiger partial charge in [0.05, 0.1) is 17.1 Å². The highest BCUT2D eigenvalue weighted by Crippen LogP contribution is 2.23. The molecule has 0 aliphatic carbocycles. The van der Waals surface area contributed by atoms with Gasteiger partial charge in [-0.15, -0.1) is 0 Å². The van der Waals surface area contributed by atoms with Crippen LogP contribution in [0.15, 0.2) is 58.4 Å². The fraction of sp³-hybridized carbons (Fsp3) is 0.125. The molecular formula is C16H16N4O5S. The predicted molar refractivity (Wildman–Crippen MR) is 92.5 cm³/mol. The summed E-state index contributed by atoms with van der Waals surface area (Å²) in [7, 11) is -2.47. The average Bonchev–Trinajstić information content (AvgIpc) is 2.93. The van der Waals surface area contributed by atoms with Gasteiger partial charge in [-0.05, 0) is 30.3 Å². The smallest absolute Gasteiger partial charge is 0.326 e. The molecule has 0 bridgehead atoms. The molecule has 2 aromatic heterocycles. The molecule has 136 valence electrons. The Hall–Kier alpha value is -3.11. The van der Waals surface area contributed by atoms with Gasteiger partial charge in [0, 0.05) is 19.3 Å². The summed E-state index contributed by atoms with van der Waals surface area (Å²) < 4.78 is 31.8. The van der Waals surface area contributed by atoms with Gasteiger partial charge in [-0.2, -0.15) is 4.31 Å². The second-order valence-electron chi connectivity index (χ2n) is 5.41. The summed E-state index contributed by atoms with van der Waals surface area (Å²) in [6.45, 7) is -0.195. The third-order valence-corrected chi connectivity index (χ3v) is 5.37. The largest absolute Gasteiger partial charge is 0.493 e. The van der Waals surface area contributed by atoms with Gasteiger partial charge in [-0.3, -0.25) is 4.98 Å². The van der Waals surface area contributed by atoms with Crippen molar-refractivity contribution >= 4 is 10.0 Å². The molecule has 3 aromatic rings. The summed E-state index contributed by atoms with van der Waals surface area (Å²) in [6.07, 6.45) is 1.59. The van der Waals surface area contributed by atoms with E-state index in [0.717, 1.165) is 4.31 Å².